The number of nitrogens with two attached hydrogens (primary N) is 1. The van der Waals surface area contributed by atoms with Crippen molar-refractivity contribution in [2.45, 2.75) is 58.2 Å². The van der Waals surface area contributed by atoms with Gasteiger partial charge >= 0.3 is 0 Å². The van der Waals surface area contributed by atoms with E-state index < -0.39 is 0 Å². The lowest BCUT2D eigenvalue weighted by atomic mass is 9.82. The van der Waals surface area contributed by atoms with Gasteiger partial charge in [-0.2, -0.15) is 0 Å². The normalized spacial score (nSPS) is 28.1. The Morgan fingerprint density at radius 2 is 1.63 bits per heavy atom. The molecule has 19 heavy (non-hydrogen) atoms. The van der Waals surface area contributed by atoms with Crippen LogP contribution in [-0.2, 0) is 5.41 Å². The average molecular weight is 261 g/mol. The molecule has 0 amide bonds. The molecule has 1 aromatic carbocycles. The zero-order chi connectivity index (χ0) is 14.2. The zero-order valence-corrected chi connectivity index (χ0v) is 12.7. The van der Waals surface area contributed by atoms with Crippen molar-refractivity contribution >= 4 is 0 Å². The molecule has 0 aromatic heterocycles. The van der Waals surface area contributed by atoms with Gasteiger partial charge in [0.2, 0.25) is 0 Å². The molecule has 2 rings (SSSR count). The van der Waals surface area contributed by atoms with E-state index in [0.717, 1.165) is 0 Å². The van der Waals surface area contributed by atoms with E-state index in [1.807, 2.05) is 0 Å². The zero-order valence-electron chi connectivity index (χ0n) is 12.7. The minimum Gasteiger partial charge on any atom is -0.314 e. The average Bonchev–Trinajstić information content (AvgIpc) is 2.70. The minimum absolute atomic E-state index is 0.0205. The van der Waals surface area contributed by atoms with Gasteiger partial charge in [-0.15, -0.1) is 0 Å². The highest BCUT2D eigenvalue weighted by Crippen LogP contribution is 2.31. The summed E-state index contributed by atoms with van der Waals surface area (Å²) in [5.41, 5.74) is 15.6. The molecule has 0 saturated carbocycles. The number of hydrogen-bond acceptors (Lipinski definition) is 3. The highest BCUT2D eigenvalue weighted by Gasteiger charge is 2.36. The molecule has 1 aromatic rings. The maximum absolute atomic E-state index is 6.19. The van der Waals surface area contributed by atoms with Crippen LogP contribution >= 0.6 is 0 Å². The third-order valence-corrected chi connectivity index (χ3v) is 4.07. The Hall–Kier alpha value is -0.900. The standard InChI is InChI=1S/C16H27N3/c1-10(2)14-13(15(17)19-18-14)11-6-8-12(9-7-11)16(3,4)5/h6-10,13-15,18-19H,17H2,1-5H3. The molecule has 0 aliphatic carbocycles. The van der Waals surface area contributed by atoms with Gasteiger partial charge < -0.3 is 5.73 Å². The van der Waals surface area contributed by atoms with Crippen molar-refractivity contribution in [3.63, 3.8) is 0 Å². The second kappa shape index (κ2) is 5.23. The fraction of sp³-hybridized carbons (Fsp3) is 0.625. The van der Waals surface area contributed by atoms with Crippen LogP contribution in [0.1, 0.15) is 51.7 Å². The molecular weight excluding hydrogens is 234 g/mol. The first kappa shape index (κ1) is 14.5. The number of hydrazine groups is 1. The quantitative estimate of drug-likeness (QED) is 0.766. The highest BCUT2D eigenvalue weighted by molar-refractivity contribution is 5.31. The first-order valence-corrected chi connectivity index (χ1v) is 7.18. The SMILES string of the molecule is CC(C)C1NNC(N)C1c1ccc(C(C)(C)C)cc1. The van der Waals surface area contributed by atoms with Gasteiger partial charge in [0.05, 0.1) is 6.17 Å². The van der Waals surface area contributed by atoms with E-state index in [1.165, 1.54) is 11.1 Å². The van der Waals surface area contributed by atoms with Gasteiger partial charge in [-0.25, -0.2) is 5.43 Å². The van der Waals surface area contributed by atoms with Gasteiger partial charge in [-0.05, 0) is 22.5 Å². The molecule has 3 atom stereocenters. The summed E-state index contributed by atoms with van der Waals surface area (Å²) >= 11 is 0. The van der Waals surface area contributed by atoms with Gasteiger partial charge in [0.1, 0.15) is 0 Å². The molecule has 1 aliphatic heterocycles. The van der Waals surface area contributed by atoms with Gasteiger partial charge in [-0.3, -0.25) is 5.43 Å². The van der Waals surface area contributed by atoms with Crippen molar-refractivity contribution in [1.82, 2.24) is 10.9 Å². The van der Waals surface area contributed by atoms with Gasteiger partial charge in [0.15, 0.2) is 0 Å². The Bertz CT molecular complexity index is 417. The fourth-order valence-corrected chi connectivity index (χ4v) is 2.80. The molecule has 1 fully saturated rings. The van der Waals surface area contributed by atoms with E-state index in [4.69, 9.17) is 5.73 Å². The lowest BCUT2D eigenvalue weighted by molar-refractivity contribution is 0.402. The predicted molar refractivity (Wildman–Crippen MR) is 80.8 cm³/mol. The van der Waals surface area contributed by atoms with E-state index in [-0.39, 0.29) is 11.6 Å². The maximum Gasteiger partial charge on any atom is 0.0764 e. The summed E-state index contributed by atoms with van der Waals surface area (Å²) in [6.07, 6.45) is -0.0205. The summed E-state index contributed by atoms with van der Waals surface area (Å²) in [5.74, 6) is 0.877. The molecule has 0 bridgehead atoms. The first-order chi connectivity index (χ1) is 8.80. The van der Waals surface area contributed by atoms with Crippen molar-refractivity contribution in [2.75, 3.05) is 0 Å². The molecule has 3 heteroatoms. The van der Waals surface area contributed by atoms with Crippen molar-refractivity contribution in [1.29, 1.82) is 0 Å². The van der Waals surface area contributed by atoms with Crippen molar-refractivity contribution < 1.29 is 0 Å². The Kier molecular flexibility index (Phi) is 4.00. The second-order valence-electron chi connectivity index (χ2n) is 6.98. The maximum atomic E-state index is 6.19. The lowest BCUT2D eigenvalue weighted by Crippen LogP contribution is -2.39. The van der Waals surface area contributed by atoms with Gasteiger partial charge in [0, 0.05) is 12.0 Å². The lowest BCUT2D eigenvalue weighted by Gasteiger charge is -2.25. The topological polar surface area (TPSA) is 50.1 Å². The van der Waals surface area contributed by atoms with Crippen LogP contribution in [0.15, 0.2) is 24.3 Å². The number of benzene rings is 1. The van der Waals surface area contributed by atoms with Crippen molar-refractivity contribution in [3.8, 4) is 0 Å². The third-order valence-electron chi connectivity index (χ3n) is 4.07. The monoisotopic (exact) mass is 261 g/mol. The van der Waals surface area contributed by atoms with E-state index in [2.05, 4.69) is 69.7 Å². The van der Waals surface area contributed by atoms with Crippen LogP contribution < -0.4 is 16.6 Å². The molecule has 3 nitrogen and oxygen atoms in total. The molecule has 1 aliphatic rings. The van der Waals surface area contributed by atoms with Crippen LogP contribution in [0.5, 0.6) is 0 Å². The van der Waals surface area contributed by atoms with Crippen LogP contribution in [0.2, 0.25) is 0 Å². The van der Waals surface area contributed by atoms with E-state index in [9.17, 15) is 0 Å². The molecule has 1 heterocycles. The Morgan fingerprint density at radius 3 is 2.11 bits per heavy atom. The molecule has 0 radical (unpaired) electrons. The first-order valence-electron chi connectivity index (χ1n) is 7.18. The smallest absolute Gasteiger partial charge is 0.0764 e. The molecule has 106 valence electrons. The van der Waals surface area contributed by atoms with Crippen molar-refractivity contribution in [3.05, 3.63) is 35.4 Å². The van der Waals surface area contributed by atoms with Crippen molar-refractivity contribution in [2.24, 2.45) is 11.7 Å². The Labute approximate surface area is 116 Å². The highest BCUT2D eigenvalue weighted by atomic mass is 15.5. The van der Waals surface area contributed by atoms with Crippen LogP contribution in [-0.4, -0.2) is 12.2 Å². The predicted octanol–water partition coefficient (Wildman–Crippen LogP) is 2.48. The largest absolute Gasteiger partial charge is 0.314 e. The molecule has 1 saturated heterocycles. The molecule has 0 spiro atoms. The summed E-state index contributed by atoms with van der Waals surface area (Å²) in [6.45, 7) is 11.2. The molecular formula is C16H27N3. The molecule has 3 unspecified atom stereocenters. The van der Waals surface area contributed by atoms with Gasteiger partial charge in [0.25, 0.3) is 0 Å². The number of rotatable bonds is 2. The van der Waals surface area contributed by atoms with E-state index >= 15 is 0 Å². The summed E-state index contributed by atoms with van der Waals surface area (Å²) in [6, 6.07) is 9.32. The third kappa shape index (κ3) is 2.99. The molecule has 4 N–H and O–H groups in total. The number of hydrogen-bond donors (Lipinski definition) is 3. The summed E-state index contributed by atoms with van der Waals surface area (Å²) in [5, 5.41) is 0. The van der Waals surface area contributed by atoms with Crippen LogP contribution in [0.25, 0.3) is 0 Å². The van der Waals surface area contributed by atoms with Crippen LogP contribution in [0.4, 0.5) is 0 Å². The van der Waals surface area contributed by atoms with E-state index in [1.54, 1.807) is 0 Å². The Balaban J connectivity index is 2.26. The fourth-order valence-electron chi connectivity index (χ4n) is 2.80. The van der Waals surface area contributed by atoms with Crippen LogP contribution in [0.3, 0.4) is 0 Å². The van der Waals surface area contributed by atoms with E-state index in [0.29, 0.717) is 17.9 Å². The van der Waals surface area contributed by atoms with Crippen LogP contribution in [0, 0.1) is 5.92 Å². The summed E-state index contributed by atoms with van der Waals surface area (Å²) in [4.78, 5) is 0. The minimum atomic E-state index is -0.0205. The van der Waals surface area contributed by atoms with Gasteiger partial charge in [-0.1, -0.05) is 58.9 Å². The summed E-state index contributed by atoms with van der Waals surface area (Å²) < 4.78 is 0. The summed E-state index contributed by atoms with van der Waals surface area (Å²) in [7, 11) is 0. The number of nitrogens with one attached hydrogen (secondary N) is 2. The second-order valence-corrected chi connectivity index (χ2v) is 6.98. The Morgan fingerprint density at radius 1 is 1.05 bits per heavy atom.